The van der Waals surface area contributed by atoms with E-state index in [0.29, 0.717) is 0 Å². The molecule has 7 nitrogen and oxygen atoms in total. The van der Waals surface area contributed by atoms with Crippen LogP contribution in [-0.4, -0.2) is 137 Å². The van der Waals surface area contributed by atoms with Gasteiger partial charge >= 0.3 is 0 Å². The van der Waals surface area contributed by atoms with E-state index >= 15 is 0 Å². The Morgan fingerprint density at radius 3 is 1.13 bits per heavy atom. The molecule has 10 heteroatoms. The molecule has 0 aliphatic carbocycles. The number of hydrogen-bond acceptors (Lipinski definition) is 5. The van der Waals surface area contributed by atoms with Gasteiger partial charge in [0.2, 0.25) is 0 Å². The van der Waals surface area contributed by atoms with Crippen LogP contribution < -0.4 is 0 Å². The molecule has 0 rings (SSSR count). The molecule has 0 aromatic rings. The van der Waals surface area contributed by atoms with Crippen molar-refractivity contribution in [2.75, 3.05) is 0 Å². The molecule has 0 unspecified atom stereocenters. The molecule has 0 saturated carbocycles. The zero-order valence-corrected chi connectivity index (χ0v) is 16.6. The van der Waals surface area contributed by atoms with Crippen molar-refractivity contribution in [3.63, 3.8) is 0 Å². The summed E-state index contributed by atoms with van der Waals surface area (Å²) in [5, 5.41) is 21.8. The molecule has 84 valence electrons. The molecular formula is C5H9K2O7Pd-. The molecule has 0 saturated heterocycles. The van der Waals surface area contributed by atoms with E-state index in [1.165, 1.54) is 0 Å². The minimum atomic E-state index is -0.833. The van der Waals surface area contributed by atoms with Crippen molar-refractivity contribution in [2.45, 2.75) is 13.8 Å². The number of hydrogen-bond donors (Lipinski definition) is 3. The number of carbonyl (C=O) groups excluding carboxylic acids is 1. The number of carboxylic acid groups (broad SMARTS) is 2. The average Bonchev–Trinajstić information content (AvgIpc) is 1.85. The van der Waals surface area contributed by atoms with E-state index in [0.717, 1.165) is 20.3 Å². The molecule has 0 heterocycles. The first-order valence-electron chi connectivity index (χ1n) is 2.45. The summed E-state index contributed by atoms with van der Waals surface area (Å²) in [5.74, 6) is -1.67. The molecule has 0 fully saturated rings. The van der Waals surface area contributed by atoms with Crippen LogP contribution in [-0.2, 0) is 39.7 Å². The third kappa shape index (κ3) is 305. The zero-order chi connectivity index (χ0) is 10.6. The minimum absolute atomic E-state index is 0. The summed E-state index contributed by atoms with van der Waals surface area (Å²) >= 11 is 0. The van der Waals surface area contributed by atoms with Gasteiger partial charge in [-0.05, 0) is 6.47 Å². The molecule has 0 amide bonds. The van der Waals surface area contributed by atoms with Gasteiger partial charge in [-0.1, -0.05) is 0 Å². The molecule has 2 radical (unpaired) electrons. The van der Waals surface area contributed by atoms with Crippen molar-refractivity contribution in [2.24, 2.45) is 0 Å². The van der Waals surface area contributed by atoms with E-state index in [1.807, 2.05) is 0 Å². The summed E-state index contributed by atoms with van der Waals surface area (Å²) in [4.78, 5) is 29.3. The SMILES string of the molecule is CC(=O)O.CC(=O)O.O=[C-]OO.[K].[K].[Pd]. The van der Waals surface area contributed by atoms with Gasteiger partial charge in [0, 0.05) is 137 Å². The van der Waals surface area contributed by atoms with Gasteiger partial charge in [0.1, 0.15) is 0 Å². The van der Waals surface area contributed by atoms with Crippen molar-refractivity contribution in [3.8, 4) is 0 Å². The fraction of sp³-hybridized carbons (Fsp3) is 0.400. The average molecular weight is 366 g/mol. The maximum Gasteiger partial charge on any atom is 0.300 e. The van der Waals surface area contributed by atoms with E-state index in [4.69, 9.17) is 29.9 Å². The van der Waals surface area contributed by atoms with Gasteiger partial charge in [0.15, 0.2) is 0 Å². The van der Waals surface area contributed by atoms with Crippen molar-refractivity contribution < 1.29 is 55.2 Å². The van der Waals surface area contributed by atoms with Crippen molar-refractivity contribution in [3.05, 3.63) is 0 Å². The molecular weight excluding hydrogens is 357 g/mol. The predicted molar refractivity (Wildman–Crippen MR) is 47.5 cm³/mol. The van der Waals surface area contributed by atoms with Gasteiger partial charge in [0.25, 0.3) is 11.9 Å². The van der Waals surface area contributed by atoms with Crippen LogP contribution in [0.2, 0.25) is 0 Å². The first-order chi connectivity index (χ1) is 5.38. The van der Waals surface area contributed by atoms with E-state index in [9.17, 15) is 0 Å². The van der Waals surface area contributed by atoms with Crippen LogP contribution in [0.4, 0.5) is 0 Å². The van der Waals surface area contributed by atoms with Crippen molar-refractivity contribution in [1.29, 1.82) is 0 Å². The van der Waals surface area contributed by atoms with E-state index in [2.05, 4.69) is 4.89 Å². The summed E-state index contributed by atoms with van der Waals surface area (Å²) in [7, 11) is 0. The van der Waals surface area contributed by atoms with E-state index in [1.54, 1.807) is 0 Å². The normalized spacial score (nSPS) is 4.73. The Labute approximate surface area is 186 Å². The topological polar surface area (TPSA) is 121 Å². The fourth-order valence-corrected chi connectivity index (χ4v) is 0. The van der Waals surface area contributed by atoms with Gasteiger partial charge in [-0.2, -0.15) is 0 Å². The fourth-order valence-electron chi connectivity index (χ4n) is 0. The molecule has 0 aromatic heterocycles. The van der Waals surface area contributed by atoms with Gasteiger partial charge in [0.05, 0.1) is 0 Å². The second kappa shape index (κ2) is 36.0. The predicted octanol–water partition coefficient (Wildman–Crippen LogP) is -1.04. The molecule has 0 atom stereocenters. The Bertz CT molecular complexity index is 123. The van der Waals surface area contributed by atoms with Gasteiger partial charge in [-0.3, -0.25) is 9.59 Å². The van der Waals surface area contributed by atoms with Crippen LogP contribution in [0, 0.1) is 0 Å². The largest absolute Gasteiger partial charge is 0.509 e. The van der Waals surface area contributed by atoms with Crippen LogP contribution in [0.25, 0.3) is 0 Å². The first kappa shape index (κ1) is 36.0. The maximum absolute atomic E-state index is 9.00. The monoisotopic (exact) mass is 365 g/mol. The van der Waals surface area contributed by atoms with Gasteiger partial charge in [-0.15, -0.1) is 0 Å². The maximum atomic E-state index is 9.00. The summed E-state index contributed by atoms with van der Waals surface area (Å²) in [5.41, 5.74) is 0. The molecule has 3 N–H and O–H groups in total. The van der Waals surface area contributed by atoms with Crippen LogP contribution in [0.3, 0.4) is 0 Å². The Morgan fingerprint density at radius 2 is 1.13 bits per heavy atom. The number of carbonyl (C=O) groups is 2. The smallest absolute Gasteiger partial charge is 0.300 e. The molecule has 15 heavy (non-hydrogen) atoms. The van der Waals surface area contributed by atoms with Crippen molar-refractivity contribution in [1.82, 2.24) is 0 Å². The van der Waals surface area contributed by atoms with Crippen LogP contribution >= 0.6 is 0 Å². The molecule has 0 aliphatic rings. The Balaban J connectivity index is -0.0000000184. The Morgan fingerprint density at radius 1 is 1.07 bits per heavy atom. The zero-order valence-electron chi connectivity index (χ0n) is 8.79. The summed E-state index contributed by atoms with van der Waals surface area (Å²) in [6, 6.07) is 0. The summed E-state index contributed by atoms with van der Waals surface area (Å²) in [6.07, 6.45) is 0. The third-order valence-electron chi connectivity index (χ3n) is 0.0373. The van der Waals surface area contributed by atoms with Crippen molar-refractivity contribution >= 4 is 121 Å². The molecule has 0 aliphatic heterocycles. The molecule has 0 aromatic carbocycles. The number of carboxylic acids is 2. The standard InChI is InChI=1S/2C2H4O2.CHO3.2K.Pd/c2*1-2(3)4;2-1-4-3;;;/h2*1H3,(H,3,4);3H;;;/q;;-1;;;. The van der Waals surface area contributed by atoms with Gasteiger partial charge in [-0.25, -0.2) is 5.26 Å². The molecule has 0 spiro atoms. The summed E-state index contributed by atoms with van der Waals surface area (Å²) in [6.45, 7) is 2.90. The second-order valence-corrected chi connectivity index (χ2v) is 1.21. The van der Waals surface area contributed by atoms with Crippen LogP contribution in [0.5, 0.6) is 0 Å². The quantitative estimate of drug-likeness (QED) is 0.235. The van der Waals surface area contributed by atoms with Gasteiger partial charge < -0.3 is 19.9 Å². The third-order valence-corrected chi connectivity index (χ3v) is 0.0373. The van der Waals surface area contributed by atoms with E-state index < -0.39 is 11.9 Å². The van der Waals surface area contributed by atoms with E-state index in [-0.39, 0.29) is 123 Å². The number of aliphatic carboxylic acids is 2. The van der Waals surface area contributed by atoms with Crippen LogP contribution in [0.1, 0.15) is 13.8 Å². The molecule has 0 bridgehead atoms. The Hall–Kier alpha value is 2.31. The first-order valence-corrected chi connectivity index (χ1v) is 2.45. The summed E-state index contributed by atoms with van der Waals surface area (Å²) < 4.78 is 0. The number of rotatable bonds is 1. The Kier molecular flexibility index (Phi) is 86.3. The minimum Gasteiger partial charge on any atom is -0.509 e. The second-order valence-electron chi connectivity index (χ2n) is 1.21. The van der Waals surface area contributed by atoms with Crippen LogP contribution in [0.15, 0.2) is 0 Å².